The maximum atomic E-state index is 11.4. The van der Waals surface area contributed by atoms with Crippen LogP contribution in [0.2, 0.25) is 0 Å². The maximum absolute atomic E-state index is 11.4. The number of aromatic nitrogens is 1. The standard InChI is InChI=1S/C13H21N3O2.ClH/c1-9-7-16(10(2)5-14-9)8-11-4-12(15-6-11)13(17)18-3;/h4,6,9-10,14-15H,5,7-8H2,1-3H3;1H. The van der Waals surface area contributed by atoms with Crippen LogP contribution in [0.4, 0.5) is 0 Å². The fourth-order valence-corrected chi connectivity index (χ4v) is 2.31. The van der Waals surface area contributed by atoms with E-state index in [1.165, 1.54) is 7.11 Å². The normalized spacial score (nSPS) is 23.7. The molecule has 2 N–H and O–H groups in total. The number of rotatable bonds is 3. The molecule has 1 aromatic rings. The number of H-pyrrole nitrogens is 1. The Labute approximate surface area is 120 Å². The lowest BCUT2D eigenvalue weighted by atomic mass is 10.1. The average Bonchev–Trinajstić information content (AvgIpc) is 2.81. The topological polar surface area (TPSA) is 57.4 Å². The van der Waals surface area contributed by atoms with Gasteiger partial charge in [-0.3, -0.25) is 4.90 Å². The van der Waals surface area contributed by atoms with E-state index in [4.69, 9.17) is 0 Å². The third-order valence-corrected chi connectivity index (χ3v) is 3.43. The summed E-state index contributed by atoms with van der Waals surface area (Å²) in [6, 6.07) is 2.89. The number of piperazine rings is 1. The Morgan fingerprint density at radius 1 is 1.53 bits per heavy atom. The average molecular weight is 288 g/mol. The number of ether oxygens (including phenoxy) is 1. The number of carbonyl (C=O) groups excluding carboxylic acids is 1. The van der Waals surface area contributed by atoms with Crippen molar-refractivity contribution in [3.05, 3.63) is 23.5 Å². The van der Waals surface area contributed by atoms with E-state index in [-0.39, 0.29) is 18.4 Å². The second-order valence-electron chi connectivity index (χ2n) is 5.00. The van der Waals surface area contributed by atoms with Crippen LogP contribution in [0.25, 0.3) is 0 Å². The molecule has 0 spiro atoms. The van der Waals surface area contributed by atoms with Crippen molar-refractivity contribution in [2.45, 2.75) is 32.5 Å². The molecule has 0 saturated carbocycles. The van der Waals surface area contributed by atoms with Crippen molar-refractivity contribution in [2.24, 2.45) is 0 Å². The molecule has 1 aliphatic heterocycles. The molecule has 5 nitrogen and oxygen atoms in total. The van der Waals surface area contributed by atoms with Crippen molar-refractivity contribution >= 4 is 18.4 Å². The number of aromatic amines is 1. The Morgan fingerprint density at radius 2 is 2.26 bits per heavy atom. The lowest BCUT2D eigenvalue weighted by Gasteiger charge is -2.37. The zero-order valence-electron chi connectivity index (χ0n) is 11.6. The molecule has 0 radical (unpaired) electrons. The quantitative estimate of drug-likeness (QED) is 0.825. The van der Waals surface area contributed by atoms with E-state index in [0.29, 0.717) is 17.8 Å². The van der Waals surface area contributed by atoms with E-state index >= 15 is 0 Å². The molecule has 2 unspecified atom stereocenters. The fourth-order valence-electron chi connectivity index (χ4n) is 2.31. The number of esters is 1. The highest BCUT2D eigenvalue weighted by atomic mass is 35.5. The van der Waals surface area contributed by atoms with E-state index in [1.54, 1.807) is 0 Å². The molecular formula is C13H22ClN3O2. The summed E-state index contributed by atoms with van der Waals surface area (Å²) in [5, 5.41) is 3.46. The lowest BCUT2D eigenvalue weighted by molar-refractivity contribution is 0.0594. The van der Waals surface area contributed by atoms with Crippen LogP contribution in [-0.4, -0.2) is 48.1 Å². The smallest absolute Gasteiger partial charge is 0.354 e. The highest BCUT2D eigenvalue weighted by Crippen LogP contribution is 2.13. The molecule has 6 heteroatoms. The molecule has 0 aromatic carbocycles. The van der Waals surface area contributed by atoms with Gasteiger partial charge in [-0.1, -0.05) is 0 Å². The predicted octanol–water partition coefficient (Wildman–Crippen LogP) is 1.41. The minimum absolute atomic E-state index is 0. The van der Waals surface area contributed by atoms with Gasteiger partial charge in [0.15, 0.2) is 0 Å². The van der Waals surface area contributed by atoms with Crippen molar-refractivity contribution in [1.82, 2.24) is 15.2 Å². The van der Waals surface area contributed by atoms with Crippen LogP contribution in [0.3, 0.4) is 0 Å². The summed E-state index contributed by atoms with van der Waals surface area (Å²) in [5.74, 6) is -0.317. The van der Waals surface area contributed by atoms with Gasteiger partial charge in [0.2, 0.25) is 0 Å². The molecule has 1 aliphatic rings. The molecule has 2 heterocycles. The number of carbonyl (C=O) groups is 1. The number of nitrogens with zero attached hydrogens (tertiary/aromatic N) is 1. The molecule has 1 aromatic heterocycles. The number of methoxy groups -OCH3 is 1. The number of nitrogens with one attached hydrogen (secondary N) is 2. The summed E-state index contributed by atoms with van der Waals surface area (Å²) in [6.07, 6.45) is 1.88. The van der Waals surface area contributed by atoms with Gasteiger partial charge in [0.1, 0.15) is 5.69 Å². The van der Waals surface area contributed by atoms with E-state index in [0.717, 1.165) is 25.2 Å². The van der Waals surface area contributed by atoms with Crippen LogP contribution >= 0.6 is 12.4 Å². The van der Waals surface area contributed by atoms with Crippen molar-refractivity contribution < 1.29 is 9.53 Å². The number of halogens is 1. The van der Waals surface area contributed by atoms with Gasteiger partial charge in [-0.25, -0.2) is 4.79 Å². The van der Waals surface area contributed by atoms with Crippen LogP contribution in [0.5, 0.6) is 0 Å². The fraction of sp³-hybridized carbons (Fsp3) is 0.615. The van der Waals surface area contributed by atoms with Gasteiger partial charge in [-0.2, -0.15) is 0 Å². The van der Waals surface area contributed by atoms with E-state index < -0.39 is 0 Å². The first-order chi connectivity index (χ1) is 8.60. The Hall–Kier alpha value is -1.04. The Kier molecular flexibility index (Phi) is 5.85. The maximum Gasteiger partial charge on any atom is 0.354 e. The molecular weight excluding hydrogens is 266 g/mol. The van der Waals surface area contributed by atoms with Gasteiger partial charge in [-0.15, -0.1) is 12.4 Å². The van der Waals surface area contributed by atoms with Crippen molar-refractivity contribution in [2.75, 3.05) is 20.2 Å². The van der Waals surface area contributed by atoms with Crippen LogP contribution in [0.1, 0.15) is 29.9 Å². The first-order valence-electron chi connectivity index (χ1n) is 6.33. The second kappa shape index (κ2) is 6.93. The summed E-state index contributed by atoms with van der Waals surface area (Å²) < 4.78 is 4.68. The van der Waals surface area contributed by atoms with E-state index in [1.807, 2.05) is 12.3 Å². The lowest BCUT2D eigenvalue weighted by Crippen LogP contribution is -2.53. The summed E-state index contributed by atoms with van der Waals surface area (Å²) in [7, 11) is 1.39. The minimum atomic E-state index is -0.317. The van der Waals surface area contributed by atoms with Gasteiger partial charge in [-0.05, 0) is 25.5 Å². The molecule has 19 heavy (non-hydrogen) atoms. The Balaban J connectivity index is 0.00000180. The third kappa shape index (κ3) is 3.96. The summed E-state index contributed by atoms with van der Waals surface area (Å²) >= 11 is 0. The first-order valence-corrected chi connectivity index (χ1v) is 6.33. The summed E-state index contributed by atoms with van der Waals surface area (Å²) in [6.45, 7) is 7.30. The van der Waals surface area contributed by atoms with E-state index in [9.17, 15) is 4.79 Å². The van der Waals surface area contributed by atoms with Gasteiger partial charge < -0.3 is 15.0 Å². The molecule has 1 saturated heterocycles. The summed E-state index contributed by atoms with van der Waals surface area (Å²) in [4.78, 5) is 16.7. The van der Waals surface area contributed by atoms with Crippen LogP contribution in [0, 0.1) is 0 Å². The molecule has 2 atom stereocenters. The summed E-state index contributed by atoms with van der Waals surface area (Å²) in [5.41, 5.74) is 1.64. The van der Waals surface area contributed by atoms with Crippen LogP contribution < -0.4 is 5.32 Å². The van der Waals surface area contributed by atoms with Gasteiger partial charge in [0.25, 0.3) is 0 Å². The highest BCUT2D eigenvalue weighted by molar-refractivity contribution is 5.87. The minimum Gasteiger partial charge on any atom is -0.464 e. The molecule has 0 amide bonds. The molecule has 108 valence electrons. The third-order valence-electron chi connectivity index (χ3n) is 3.43. The van der Waals surface area contributed by atoms with Crippen LogP contribution in [0.15, 0.2) is 12.3 Å². The SMILES string of the molecule is COC(=O)c1cc(CN2CC(C)NCC2C)c[nH]1.Cl. The molecule has 0 aliphatic carbocycles. The zero-order chi connectivity index (χ0) is 13.1. The largest absolute Gasteiger partial charge is 0.464 e. The Bertz CT molecular complexity index is 422. The molecule has 1 fully saturated rings. The van der Waals surface area contributed by atoms with Gasteiger partial charge in [0.05, 0.1) is 7.11 Å². The second-order valence-corrected chi connectivity index (χ2v) is 5.00. The van der Waals surface area contributed by atoms with Crippen molar-refractivity contribution in [1.29, 1.82) is 0 Å². The highest BCUT2D eigenvalue weighted by Gasteiger charge is 2.22. The van der Waals surface area contributed by atoms with Crippen molar-refractivity contribution in [3.8, 4) is 0 Å². The van der Waals surface area contributed by atoms with Crippen molar-refractivity contribution in [3.63, 3.8) is 0 Å². The monoisotopic (exact) mass is 287 g/mol. The van der Waals surface area contributed by atoms with Gasteiger partial charge >= 0.3 is 5.97 Å². The van der Waals surface area contributed by atoms with Crippen LogP contribution in [-0.2, 0) is 11.3 Å². The Morgan fingerprint density at radius 3 is 2.95 bits per heavy atom. The van der Waals surface area contributed by atoms with Gasteiger partial charge in [0, 0.05) is 37.9 Å². The number of hydrogen-bond acceptors (Lipinski definition) is 4. The van der Waals surface area contributed by atoms with E-state index in [2.05, 4.69) is 33.8 Å². The predicted molar refractivity (Wildman–Crippen MR) is 76.7 cm³/mol. The zero-order valence-corrected chi connectivity index (χ0v) is 12.4. The molecule has 0 bridgehead atoms. The molecule has 2 rings (SSSR count). The number of hydrogen-bond donors (Lipinski definition) is 2. The first kappa shape index (κ1) is 16.0.